The third-order valence-corrected chi connectivity index (χ3v) is 7.82. The number of piperazine rings is 1. The predicted octanol–water partition coefficient (Wildman–Crippen LogP) is 1.80. The van der Waals surface area contributed by atoms with Crippen LogP contribution in [0.3, 0.4) is 0 Å². The lowest BCUT2D eigenvalue weighted by molar-refractivity contribution is 0.0625. The molecule has 1 aliphatic heterocycles. The molecule has 1 amide bonds. The summed E-state index contributed by atoms with van der Waals surface area (Å²) in [6.45, 7) is 3.31. The summed E-state index contributed by atoms with van der Waals surface area (Å²) in [6, 6.07) is 7.27. The van der Waals surface area contributed by atoms with Crippen molar-refractivity contribution in [2.24, 2.45) is 0 Å². The van der Waals surface area contributed by atoms with Crippen molar-refractivity contribution in [3.8, 4) is 5.69 Å². The normalized spacial score (nSPS) is 16.6. The Balaban J connectivity index is 1.10. The molecule has 4 heterocycles. The first-order valence-corrected chi connectivity index (χ1v) is 12.4. The van der Waals surface area contributed by atoms with Crippen LogP contribution in [0.15, 0.2) is 35.4 Å². The first-order chi connectivity index (χ1) is 16.7. The maximum Gasteiger partial charge on any atom is 0.259 e. The molecule has 0 atom stereocenters. The minimum absolute atomic E-state index is 0.0139. The topological polar surface area (TPSA) is 113 Å². The van der Waals surface area contributed by atoms with Crippen LogP contribution in [0.25, 0.3) is 15.9 Å². The molecule has 11 heteroatoms. The third-order valence-electron chi connectivity index (χ3n) is 6.63. The maximum absolute atomic E-state index is 13.0. The van der Waals surface area contributed by atoms with Crippen LogP contribution in [0.4, 0.5) is 0 Å². The van der Waals surface area contributed by atoms with E-state index in [1.807, 2.05) is 17.0 Å². The average molecular weight is 477 g/mol. The van der Waals surface area contributed by atoms with Crippen molar-refractivity contribution in [3.63, 3.8) is 0 Å². The number of tetrazole rings is 1. The largest absolute Gasteiger partial charge is 0.336 e. The SMILES string of the molecule is O=C(c1ccc(-n2cnnn2)cc1)N1CCN(Cc2nc3sc4c(c3c(=O)[nH]2)CCCC4)CC1. The summed E-state index contributed by atoms with van der Waals surface area (Å²) in [7, 11) is 0. The lowest BCUT2D eigenvalue weighted by Crippen LogP contribution is -2.48. The van der Waals surface area contributed by atoms with Gasteiger partial charge in [0.1, 0.15) is 17.0 Å². The number of nitrogens with zero attached hydrogens (tertiary/aromatic N) is 7. The molecule has 34 heavy (non-hydrogen) atoms. The summed E-state index contributed by atoms with van der Waals surface area (Å²) < 4.78 is 1.55. The van der Waals surface area contributed by atoms with Crippen molar-refractivity contribution < 1.29 is 4.79 Å². The number of H-pyrrole nitrogens is 1. The van der Waals surface area contributed by atoms with Crippen LogP contribution in [0.5, 0.6) is 0 Å². The highest BCUT2D eigenvalue weighted by Gasteiger charge is 2.24. The van der Waals surface area contributed by atoms with E-state index >= 15 is 0 Å². The molecule has 2 aliphatic rings. The molecule has 10 nitrogen and oxygen atoms in total. The lowest BCUT2D eigenvalue weighted by atomic mass is 9.97. The van der Waals surface area contributed by atoms with Crippen molar-refractivity contribution in [3.05, 3.63) is 62.8 Å². The van der Waals surface area contributed by atoms with E-state index in [9.17, 15) is 9.59 Å². The van der Waals surface area contributed by atoms with E-state index in [1.54, 1.807) is 28.2 Å². The van der Waals surface area contributed by atoms with E-state index in [0.717, 1.165) is 48.3 Å². The van der Waals surface area contributed by atoms with Gasteiger partial charge in [-0.1, -0.05) is 0 Å². The number of thiophene rings is 1. The monoisotopic (exact) mass is 476 g/mol. The second-order valence-electron chi connectivity index (χ2n) is 8.77. The zero-order valence-electron chi connectivity index (χ0n) is 18.6. The number of hydrogen-bond donors (Lipinski definition) is 1. The number of carbonyl (C=O) groups is 1. The molecule has 1 aliphatic carbocycles. The standard InChI is InChI=1S/C23H24N8O2S/c32-21-20-17-3-1-2-4-18(17)34-22(20)26-19(25-21)13-29-9-11-30(12-10-29)23(33)15-5-7-16(8-6-15)31-14-24-27-28-31/h5-8,14H,1-4,9-13H2,(H,25,26,32). The molecule has 0 saturated carbocycles. The van der Waals surface area contributed by atoms with Gasteiger partial charge in [0, 0.05) is 36.6 Å². The highest BCUT2D eigenvalue weighted by molar-refractivity contribution is 7.18. The summed E-state index contributed by atoms with van der Waals surface area (Å²) in [4.78, 5) is 39.9. The zero-order valence-corrected chi connectivity index (χ0v) is 19.4. The van der Waals surface area contributed by atoms with Crippen LogP contribution >= 0.6 is 11.3 Å². The molecule has 174 valence electrons. The number of hydrogen-bond acceptors (Lipinski definition) is 8. The van der Waals surface area contributed by atoms with E-state index in [0.29, 0.717) is 31.0 Å². The number of carbonyl (C=O) groups excluding carboxylic acids is 1. The number of amides is 1. The first kappa shape index (κ1) is 21.1. The van der Waals surface area contributed by atoms with Crippen LogP contribution in [0.2, 0.25) is 0 Å². The molecule has 1 N–H and O–H groups in total. The fourth-order valence-electron chi connectivity index (χ4n) is 4.82. The summed E-state index contributed by atoms with van der Waals surface area (Å²) in [6.07, 6.45) is 5.89. The number of rotatable bonds is 4. The Labute approximate surface area is 199 Å². The number of nitrogens with one attached hydrogen (secondary N) is 1. The van der Waals surface area contributed by atoms with E-state index < -0.39 is 0 Å². The quantitative estimate of drug-likeness (QED) is 0.478. The number of benzene rings is 1. The van der Waals surface area contributed by atoms with Gasteiger partial charge in [0.15, 0.2) is 0 Å². The lowest BCUT2D eigenvalue weighted by Gasteiger charge is -2.34. The van der Waals surface area contributed by atoms with Crippen molar-refractivity contribution in [1.82, 2.24) is 40.0 Å². The highest BCUT2D eigenvalue weighted by Crippen LogP contribution is 2.33. The van der Waals surface area contributed by atoms with Crippen LogP contribution in [0.1, 0.15) is 39.5 Å². The minimum Gasteiger partial charge on any atom is -0.336 e. The molecule has 0 unspecified atom stereocenters. The third kappa shape index (κ3) is 3.90. The Morgan fingerprint density at radius 1 is 1.06 bits per heavy atom. The first-order valence-electron chi connectivity index (χ1n) is 11.5. The predicted molar refractivity (Wildman–Crippen MR) is 127 cm³/mol. The molecule has 1 fully saturated rings. The van der Waals surface area contributed by atoms with Gasteiger partial charge in [-0.3, -0.25) is 14.5 Å². The molecule has 1 aromatic carbocycles. The number of aryl methyl sites for hydroxylation is 2. The van der Waals surface area contributed by atoms with E-state index in [-0.39, 0.29) is 11.5 Å². The van der Waals surface area contributed by atoms with Crippen LogP contribution in [-0.4, -0.2) is 72.1 Å². The number of fused-ring (bicyclic) bond motifs is 3. The summed E-state index contributed by atoms with van der Waals surface area (Å²) in [5.41, 5.74) is 2.64. The van der Waals surface area contributed by atoms with Gasteiger partial charge >= 0.3 is 0 Å². The number of aromatic amines is 1. The fourth-order valence-corrected chi connectivity index (χ4v) is 6.10. The molecule has 0 spiro atoms. The zero-order chi connectivity index (χ0) is 23.1. The molecular weight excluding hydrogens is 452 g/mol. The maximum atomic E-state index is 13.0. The van der Waals surface area contributed by atoms with Gasteiger partial charge in [-0.25, -0.2) is 9.67 Å². The Kier molecular flexibility index (Phi) is 5.42. The molecule has 4 aromatic rings. The molecule has 0 bridgehead atoms. The van der Waals surface area contributed by atoms with Gasteiger partial charge in [0.2, 0.25) is 0 Å². The van der Waals surface area contributed by atoms with Crippen molar-refractivity contribution in [2.45, 2.75) is 32.2 Å². The van der Waals surface area contributed by atoms with Gasteiger partial charge in [-0.2, -0.15) is 0 Å². The summed E-state index contributed by atoms with van der Waals surface area (Å²) in [5, 5.41) is 11.9. The average Bonchev–Trinajstić information content (AvgIpc) is 3.52. The Bertz CT molecular complexity index is 1390. The molecule has 1 saturated heterocycles. The van der Waals surface area contributed by atoms with E-state index in [1.165, 1.54) is 23.2 Å². The second-order valence-corrected chi connectivity index (χ2v) is 9.86. The van der Waals surface area contributed by atoms with Crippen LogP contribution in [0, 0.1) is 0 Å². The highest BCUT2D eigenvalue weighted by atomic mass is 32.1. The van der Waals surface area contributed by atoms with Crippen molar-refractivity contribution >= 4 is 27.5 Å². The van der Waals surface area contributed by atoms with Gasteiger partial charge in [-0.05, 0) is 65.9 Å². The van der Waals surface area contributed by atoms with Crippen molar-refractivity contribution in [1.29, 1.82) is 0 Å². The molecule has 6 rings (SSSR count). The smallest absolute Gasteiger partial charge is 0.259 e. The Hall–Kier alpha value is -3.44. The fraction of sp³-hybridized carbons (Fsp3) is 0.391. The molecular formula is C23H24N8O2S. The van der Waals surface area contributed by atoms with Gasteiger partial charge in [0.25, 0.3) is 11.5 Å². The Morgan fingerprint density at radius 2 is 1.85 bits per heavy atom. The second kappa shape index (κ2) is 8.73. The van der Waals surface area contributed by atoms with Gasteiger partial charge in [-0.15, -0.1) is 16.4 Å². The minimum atomic E-state index is -0.0154. The Morgan fingerprint density at radius 3 is 2.62 bits per heavy atom. The van der Waals surface area contributed by atoms with E-state index in [2.05, 4.69) is 25.4 Å². The summed E-state index contributed by atoms with van der Waals surface area (Å²) in [5.74, 6) is 0.717. The summed E-state index contributed by atoms with van der Waals surface area (Å²) >= 11 is 1.68. The van der Waals surface area contributed by atoms with Crippen LogP contribution < -0.4 is 5.56 Å². The van der Waals surface area contributed by atoms with Gasteiger partial charge < -0.3 is 9.88 Å². The molecule has 3 aromatic heterocycles. The van der Waals surface area contributed by atoms with E-state index in [4.69, 9.17) is 4.98 Å². The van der Waals surface area contributed by atoms with Gasteiger partial charge in [0.05, 0.1) is 17.6 Å². The van der Waals surface area contributed by atoms with Crippen molar-refractivity contribution in [2.75, 3.05) is 26.2 Å². The van der Waals surface area contributed by atoms with Crippen LogP contribution in [-0.2, 0) is 19.4 Å². The molecule has 0 radical (unpaired) electrons. The number of aromatic nitrogens is 6.